The highest BCUT2D eigenvalue weighted by atomic mass is 35.5. The smallest absolute Gasteiger partial charge is 0.226 e. The topological polar surface area (TPSA) is 46.3 Å². The molecular weight excluding hydrogens is 356 g/mol. The zero-order valence-corrected chi connectivity index (χ0v) is 16.3. The van der Waals surface area contributed by atoms with E-state index >= 15 is 0 Å². The first kappa shape index (κ1) is 18.5. The first-order valence-electron chi connectivity index (χ1n) is 9.85. The minimum absolute atomic E-state index is 0. The van der Waals surface area contributed by atoms with Crippen LogP contribution in [0.25, 0.3) is 0 Å². The minimum atomic E-state index is 0. The number of halogens is 1. The van der Waals surface area contributed by atoms with Gasteiger partial charge in [0.05, 0.1) is 0 Å². The molecule has 3 nitrogen and oxygen atoms in total. The Kier molecular flexibility index (Phi) is 4.77. The maximum atomic E-state index is 13.3. The van der Waals surface area contributed by atoms with Crippen molar-refractivity contribution in [2.24, 2.45) is 17.6 Å². The van der Waals surface area contributed by atoms with Crippen LogP contribution in [0.1, 0.15) is 35.4 Å². The predicted molar refractivity (Wildman–Crippen MR) is 110 cm³/mol. The summed E-state index contributed by atoms with van der Waals surface area (Å²) in [5, 5.41) is 0. The molecule has 0 bridgehead atoms. The van der Waals surface area contributed by atoms with E-state index in [4.69, 9.17) is 5.73 Å². The molecule has 4 atom stereocenters. The summed E-state index contributed by atoms with van der Waals surface area (Å²) >= 11 is 0. The van der Waals surface area contributed by atoms with E-state index in [2.05, 4.69) is 53.4 Å². The number of amides is 1. The second-order valence-corrected chi connectivity index (χ2v) is 8.33. The van der Waals surface area contributed by atoms with Crippen molar-refractivity contribution >= 4 is 18.3 Å². The third kappa shape index (κ3) is 2.88. The standard InChI is InChI=1S/C23H26N2O.ClH/c24-13-18-14-25(15-19(18)16-6-2-1-3-7-16)22(26)21-12-23(21)11-10-17-8-4-5-9-20(17)23;/h1-9,18-19,21H,10-15,24H2;1H/t18-,19+,21?,23?;/m1./s1. The van der Waals surface area contributed by atoms with E-state index in [1.54, 1.807) is 0 Å². The van der Waals surface area contributed by atoms with Gasteiger partial charge in [-0.2, -0.15) is 0 Å². The van der Waals surface area contributed by atoms with Gasteiger partial charge < -0.3 is 10.6 Å². The van der Waals surface area contributed by atoms with Gasteiger partial charge in [-0.25, -0.2) is 0 Å². The van der Waals surface area contributed by atoms with Crippen molar-refractivity contribution in [3.8, 4) is 0 Å². The number of fused-ring (bicyclic) bond motifs is 2. The monoisotopic (exact) mass is 382 g/mol. The molecular formula is C23H27ClN2O. The summed E-state index contributed by atoms with van der Waals surface area (Å²) in [6, 6.07) is 19.3. The Hall–Kier alpha value is -1.84. The quantitative estimate of drug-likeness (QED) is 0.882. The number of nitrogens with zero attached hydrogens (tertiary/aromatic N) is 1. The Bertz CT molecular complexity index is 839. The molecule has 27 heavy (non-hydrogen) atoms. The van der Waals surface area contributed by atoms with E-state index in [9.17, 15) is 4.79 Å². The molecule has 0 radical (unpaired) electrons. The molecule has 2 unspecified atom stereocenters. The van der Waals surface area contributed by atoms with Crippen LogP contribution in [0.4, 0.5) is 0 Å². The van der Waals surface area contributed by atoms with Crippen LogP contribution in [0.3, 0.4) is 0 Å². The molecule has 1 aliphatic heterocycles. The van der Waals surface area contributed by atoms with Gasteiger partial charge in [-0.1, -0.05) is 54.6 Å². The van der Waals surface area contributed by atoms with Crippen molar-refractivity contribution in [1.82, 2.24) is 4.90 Å². The van der Waals surface area contributed by atoms with Crippen LogP contribution in [-0.2, 0) is 16.6 Å². The molecule has 1 amide bonds. The summed E-state index contributed by atoms with van der Waals surface area (Å²) in [5.74, 6) is 1.28. The van der Waals surface area contributed by atoms with E-state index in [1.165, 1.54) is 16.7 Å². The third-order valence-corrected chi connectivity index (χ3v) is 7.05. The van der Waals surface area contributed by atoms with Gasteiger partial charge in [-0.15, -0.1) is 12.4 Å². The summed E-state index contributed by atoms with van der Waals surface area (Å²) in [6.45, 7) is 2.27. The van der Waals surface area contributed by atoms with Crippen LogP contribution in [0.2, 0.25) is 0 Å². The van der Waals surface area contributed by atoms with Gasteiger partial charge in [-0.05, 0) is 48.4 Å². The van der Waals surface area contributed by atoms with Crippen LogP contribution in [0, 0.1) is 11.8 Å². The summed E-state index contributed by atoms with van der Waals surface area (Å²) < 4.78 is 0. The number of likely N-dealkylation sites (tertiary alicyclic amines) is 1. The zero-order valence-electron chi connectivity index (χ0n) is 15.5. The fourth-order valence-electron chi connectivity index (χ4n) is 5.51. The maximum Gasteiger partial charge on any atom is 0.226 e. The molecule has 2 N–H and O–H groups in total. The molecule has 1 spiro atoms. The van der Waals surface area contributed by atoms with Gasteiger partial charge in [0.1, 0.15) is 0 Å². The Morgan fingerprint density at radius 1 is 1.07 bits per heavy atom. The van der Waals surface area contributed by atoms with Gasteiger partial charge in [0, 0.05) is 30.3 Å². The second kappa shape index (κ2) is 6.96. The number of nitrogens with two attached hydrogens (primary N) is 1. The number of hydrogen-bond acceptors (Lipinski definition) is 2. The molecule has 3 aliphatic rings. The van der Waals surface area contributed by atoms with E-state index in [1.807, 2.05) is 6.07 Å². The number of aryl methyl sites for hydroxylation is 1. The average molecular weight is 383 g/mol. The molecule has 2 aliphatic carbocycles. The van der Waals surface area contributed by atoms with Crippen LogP contribution >= 0.6 is 12.4 Å². The fourth-order valence-corrected chi connectivity index (χ4v) is 5.51. The Morgan fingerprint density at radius 2 is 1.81 bits per heavy atom. The molecule has 1 heterocycles. The molecule has 1 saturated heterocycles. The van der Waals surface area contributed by atoms with Crippen LogP contribution in [0.5, 0.6) is 0 Å². The number of benzene rings is 2. The summed E-state index contributed by atoms with van der Waals surface area (Å²) in [6.07, 6.45) is 3.29. The molecule has 5 rings (SSSR count). The third-order valence-electron chi connectivity index (χ3n) is 7.05. The average Bonchev–Trinajstić information content (AvgIpc) is 3.07. The SMILES string of the molecule is Cl.NC[C@@H]1CN(C(=O)C2CC23CCc2ccccc23)C[C@H]1c1ccccc1. The Morgan fingerprint density at radius 3 is 2.59 bits per heavy atom. The highest BCUT2D eigenvalue weighted by Crippen LogP contribution is 2.62. The summed E-state index contributed by atoms with van der Waals surface area (Å²) in [7, 11) is 0. The van der Waals surface area contributed by atoms with E-state index < -0.39 is 0 Å². The van der Waals surface area contributed by atoms with Gasteiger partial charge in [-0.3, -0.25) is 4.79 Å². The maximum absolute atomic E-state index is 13.3. The lowest BCUT2D eigenvalue weighted by Crippen LogP contribution is -2.33. The fraction of sp³-hybridized carbons (Fsp3) is 0.435. The van der Waals surface area contributed by atoms with Crippen molar-refractivity contribution in [1.29, 1.82) is 0 Å². The normalized spacial score (nSPS) is 30.9. The largest absolute Gasteiger partial charge is 0.341 e. The first-order chi connectivity index (χ1) is 12.7. The molecule has 4 heteroatoms. The second-order valence-electron chi connectivity index (χ2n) is 8.33. The lowest BCUT2D eigenvalue weighted by Gasteiger charge is -2.19. The lowest BCUT2D eigenvalue weighted by molar-refractivity contribution is -0.132. The van der Waals surface area contributed by atoms with Crippen molar-refractivity contribution in [3.05, 3.63) is 71.3 Å². The summed E-state index contributed by atoms with van der Waals surface area (Å²) in [5.41, 5.74) is 10.4. The van der Waals surface area contributed by atoms with E-state index in [0.29, 0.717) is 24.3 Å². The van der Waals surface area contributed by atoms with Crippen molar-refractivity contribution in [3.63, 3.8) is 0 Å². The highest BCUT2D eigenvalue weighted by Gasteiger charge is 2.62. The zero-order chi connectivity index (χ0) is 17.7. The highest BCUT2D eigenvalue weighted by molar-refractivity contribution is 5.86. The summed E-state index contributed by atoms with van der Waals surface area (Å²) in [4.78, 5) is 15.4. The first-order valence-corrected chi connectivity index (χ1v) is 9.85. The Labute approximate surface area is 167 Å². The van der Waals surface area contributed by atoms with Gasteiger partial charge in [0.25, 0.3) is 0 Å². The lowest BCUT2D eigenvalue weighted by atomic mass is 9.89. The van der Waals surface area contributed by atoms with Gasteiger partial charge in [0.2, 0.25) is 5.91 Å². The molecule has 0 aromatic heterocycles. The Balaban J connectivity index is 0.00000180. The van der Waals surface area contributed by atoms with Crippen LogP contribution < -0.4 is 5.73 Å². The van der Waals surface area contributed by atoms with Crippen molar-refractivity contribution in [2.75, 3.05) is 19.6 Å². The molecule has 142 valence electrons. The van der Waals surface area contributed by atoms with Crippen LogP contribution in [0.15, 0.2) is 54.6 Å². The predicted octanol–water partition coefficient (Wildman–Crippen LogP) is 3.51. The van der Waals surface area contributed by atoms with Crippen LogP contribution in [-0.4, -0.2) is 30.4 Å². The molecule has 1 saturated carbocycles. The number of rotatable bonds is 3. The number of carbonyl (C=O) groups excluding carboxylic acids is 1. The van der Waals surface area contributed by atoms with Gasteiger partial charge in [0.15, 0.2) is 0 Å². The molecule has 2 aromatic carbocycles. The molecule has 2 aromatic rings. The van der Waals surface area contributed by atoms with E-state index in [0.717, 1.165) is 32.4 Å². The van der Waals surface area contributed by atoms with Gasteiger partial charge >= 0.3 is 0 Å². The van der Waals surface area contributed by atoms with Crippen molar-refractivity contribution in [2.45, 2.75) is 30.6 Å². The number of hydrogen-bond donors (Lipinski definition) is 1. The molecule has 2 fully saturated rings. The van der Waals surface area contributed by atoms with Crippen molar-refractivity contribution < 1.29 is 4.79 Å². The van der Waals surface area contributed by atoms with E-state index in [-0.39, 0.29) is 23.7 Å². The minimum Gasteiger partial charge on any atom is -0.341 e. The number of carbonyl (C=O) groups is 1.